The molecule has 0 saturated carbocycles. The Morgan fingerprint density at radius 3 is 2.56 bits per heavy atom. The smallest absolute Gasteiger partial charge is 0.212 e. The summed E-state index contributed by atoms with van der Waals surface area (Å²) in [6.45, 7) is 6.54. The molecule has 0 aliphatic heterocycles. The van der Waals surface area contributed by atoms with Crippen LogP contribution in [-0.4, -0.2) is 17.1 Å². The van der Waals surface area contributed by atoms with Gasteiger partial charge in [-0.1, -0.05) is 26.8 Å². The first kappa shape index (κ1) is 13.0. The van der Waals surface area contributed by atoms with Crippen molar-refractivity contribution >= 4 is 11.3 Å². The molecule has 96 valence electrons. The zero-order valence-electron chi connectivity index (χ0n) is 11.2. The number of ether oxygens (including phenoxy) is 1. The monoisotopic (exact) mass is 262 g/mol. The molecule has 0 unspecified atom stereocenters. The maximum absolute atomic E-state index is 5.04. The van der Waals surface area contributed by atoms with Crippen LogP contribution in [0.1, 0.15) is 37.0 Å². The molecule has 2 heterocycles. The SMILES string of the molecule is COc1ccc(Cc2nc(C(C)(C)C)cs2)cn1. The highest BCUT2D eigenvalue weighted by atomic mass is 32.1. The van der Waals surface area contributed by atoms with Crippen molar-refractivity contribution in [1.29, 1.82) is 0 Å². The highest BCUT2D eigenvalue weighted by molar-refractivity contribution is 7.09. The van der Waals surface area contributed by atoms with E-state index >= 15 is 0 Å². The molecule has 0 aliphatic carbocycles. The molecule has 0 spiro atoms. The summed E-state index contributed by atoms with van der Waals surface area (Å²) in [6.07, 6.45) is 2.68. The summed E-state index contributed by atoms with van der Waals surface area (Å²) < 4.78 is 5.04. The van der Waals surface area contributed by atoms with Crippen molar-refractivity contribution in [2.45, 2.75) is 32.6 Å². The zero-order chi connectivity index (χ0) is 13.2. The molecule has 0 radical (unpaired) electrons. The second kappa shape index (κ2) is 5.06. The summed E-state index contributed by atoms with van der Waals surface area (Å²) in [5.74, 6) is 0.647. The number of methoxy groups -OCH3 is 1. The van der Waals surface area contributed by atoms with E-state index < -0.39 is 0 Å². The van der Waals surface area contributed by atoms with Gasteiger partial charge in [0.1, 0.15) is 0 Å². The molecule has 0 aromatic carbocycles. The van der Waals surface area contributed by atoms with Crippen LogP contribution in [0.15, 0.2) is 23.7 Å². The predicted molar refractivity (Wildman–Crippen MR) is 74.4 cm³/mol. The van der Waals surface area contributed by atoms with Crippen LogP contribution in [-0.2, 0) is 11.8 Å². The maximum atomic E-state index is 5.04. The van der Waals surface area contributed by atoms with E-state index in [-0.39, 0.29) is 5.41 Å². The number of pyridine rings is 1. The van der Waals surface area contributed by atoms with E-state index in [1.807, 2.05) is 18.3 Å². The van der Waals surface area contributed by atoms with Gasteiger partial charge in [-0.15, -0.1) is 11.3 Å². The van der Waals surface area contributed by atoms with Crippen molar-refractivity contribution in [3.05, 3.63) is 40.0 Å². The van der Waals surface area contributed by atoms with Crippen molar-refractivity contribution in [2.75, 3.05) is 7.11 Å². The van der Waals surface area contributed by atoms with Crippen LogP contribution < -0.4 is 4.74 Å². The Bertz CT molecular complexity index is 511. The number of thiazole rings is 1. The fraction of sp³-hybridized carbons (Fsp3) is 0.429. The second-order valence-electron chi connectivity index (χ2n) is 5.26. The van der Waals surface area contributed by atoms with E-state index in [0.717, 1.165) is 22.7 Å². The average Bonchev–Trinajstić information content (AvgIpc) is 2.78. The molecule has 0 amide bonds. The van der Waals surface area contributed by atoms with Gasteiger partial charge in [-0.05, 0) is 5.56 Å². The molecule has 2 aromatic heterocycles. The molecule has 0 aliphatic rings. The first-order chi connectivity index (χ1) is 8.49. The van der Waals surface area contributed by atoms with Gasteiger partial charge in [0.2, 0.25) is 5.88 Å². The molecule has 0 saturated heterocycles. The minimum absolute atomic E-state index is 0.118. The fourth-order valence-corrected chi connectivity index (χ4v) is 2.60. The number of nitrogens with zero attached hydrogens (tertiary/aromatic N) is 2. The molecule has 0 atom stereocenters. The van der Waals surface area contributed by atoms with E-state index in [0.29, 0.717) is 5.88 Å². The van der Waals surface area contributed by atoms with Crippen LogP contribution in [0.3, 0.4) is 0 Å². The average molecular weight is 262 g/mol. The van der Waals surface area contributed by atoms with E-state index in [2.05, 4.69) is 36.1 Å². The van der Waals surface area contributed by atoms with E-state index in [4.69, 9.17) is 4.74 Å². The van der Waals surface area contributed by atoms with E-state index in [1.165, 1.54) is 0 Å². The third-order valence-electron chi connectivity index (χ3n) is 2.68. The van der Waals surface area contributed by atoms with Crippen LogP contribution in [0, 0.1) is 0 Å². The molecule has 18 heavy (non-hydrogen) atoms. The van der Waals surface area contributed by atoms with Crippen molar-refractivity contribution in [3.63, 3.8) is 0 Å². The number of aromatic nitrogens is 2. The summed E-state index contributed by atoms with van der Waals surface area (Å²) in [5, 5.41) is 3.28. The minimum atomic E-state index is 0.118. The van der Waals surface area contributed by atoms with Crippen LogP contribution >= 0.6 is 11.3 Å². The largest absolute Gasteiger partial charge is 0.481 e. The van der Waals surface area contributed by atoms with Crippen LogP contribution in [0.25, 0.3) is 0 Å². The molecular formula is C14H18N2OS. The topological polar surface area (TPSA) is 35.0 Å². The van der Waals surface area contributed by atoms with E-state index in [9.17, 15) is 0 Å². The van der Waals surface area contributed by atoms with Crippen LogP contribution in [0.4, 0.5) is 0 Å². The highest BCUT2D eigenvalue weighted by Crippen LogP contribution is 2.25. The normalized spacial score (nSPS) is 11.6. The lowest BCUT2D eigenvalue weighted by atomic mass is 9.93. The van der Waals surface area contributed by atoms with Crippen LogP contribution in [0.5, 0.6) is 5.88 Å². The zero-order valence-corrected chi connectivity index (χ0v) is 12.0. The molecule has 3 nitrogen and oxygen atoms in total. The summed E-state index contributed by atoms with van der Waals surface area (Å²) in [5.41, 5.74) is 2.43. The fourth-order valence-electron chi connectivity index (χ4n) is 1.55. The van der Waals surface area contributed by atoms with Gasteiger partial charge in [0, 0.05) is 29.5 Å². The summed E-state index contributed by atoms with van der Waals surface area (Å²) in [4.78, 5) is 8.88. The number of hydrogen-bond donors (Lipinski definition) is 0. The lowest BCUT2D eigenvalue weighted by molar-refractivity contribution is 0.397. The predicted octanol–water partition coefficient (Wildman–Crippen LogP) is 3.44. The van der Waals surface area contributed by atoms with Gasteiger partial charge in [0.25, 0.3) is 0 Å². The van der Waals surface area contributed by atoms with Crippen LogP contribution in [0.2, 0.25) is 0 Å². The third kappa shape index (κ3) is 3.07. The number of rotatable bonds is 3. The Morgan fingerprint density at radius 2 is 2.06 bits per heavy atom. The Hall–Kier alpha value is -1.42. The van der Waals surface area contributed by atoms with Gasteiger partial charge in [-0.25, -0.2) is 9.97 Å². The summed E-state index contributed by atoms with van der Waals surface area (Å²) in [7, 11) is 1.62. The van der Waals surface area contributed by atoms with Crippen molar-refractivity contribution < 1.29 is 4.74 Å². The quantitative estimate of drug-likeness (QED) is 0.850. The number of hydrogen-bond acceptors (Lipinski definition) is 4. The molecule has 0 fully saturated rings. The maximum Gasteiger partial charge on any atom is 0.212 e. The van der Waals surface area contributed by atoms with E-state index in [1.54, 1.807) is 18.4 Å². The molecule has 0 bridgehead atoms. The highest BCUT2D eigenvalue weighted by Gasteiger charge is 2.17. The lowest BCUT2D eigenvalue weighted by Crippen LogP contribution is -2.11. The minimum Gasteiger partial charge on any atom is -0.481 e. The van der Waals surface area contributed by atoms with Gasteiger partial charge in [0.05, 0.1) is 17.8 Å². The lowest BCUT2D eigenvalue weighted by Gasteiger charge is -2.14. The first-order valence-corrected chi connectivity index (χ1v) is 6.81. The Labute approximate surface area is 112 Å². The van der Waals surface area contributed by atoms with Gasteiger partial charge in [0.15, 0.2) is 0 Å². The molecule has 2 aromatic rings. The summed E-state index contributed by atoms with van der Waals surface area (Å²) in [6, 6.07) is 3.91. The Morgan fingerprint density at radius 1 is 1.28 bits per heavy atom. The second-order valence-corrected chi connectivity index (χ2v) is 6.20. The first-order valence-electron chi connectivity index (χ1n) is 5.93. The Kier molecular flexibility index (Phi) is 3.66. The molecule has 4 heteroatoms. The standard InChI is InChI=1S/C14H18N2OS/c1-14(2,3)11-9-18-13(16-11)7-10-5-6-12(17-4)15-8-10/h5-6,8-9H,7H2,1-4H3. The van der Waals surface area contributed by atoms with Gasteiger partial charge in [-0.3, -0.25) is 0 Å². The van der Waals surface area contributed by atoms with Gasteiger partial charge < -0.3 is 4.74 Å². The van der Waals surface area contributed by atoms with Crippen molar-refractivity contribution in [3.8, 4) is 5.88 Å². The molecule has 0 N–H and O–H groups in total. The van der Waals surface area contributed by atoms with Crippen molar-refractivity contribution in [1.82, 2.24) is 9.97 Å². The van der Waals surface area contributed by atoms with Gasteiger partial charge in [-0.2, -0.15) is 0 Å². The molecular weight excluding hydrogens is 244 g/mol. The van der Waals surface area contributed by atoms with Crippen molar-refractivity contribution in [2.24, 2.45) is 0 Å². The molecule has 2 rings (SSSR count). The third-order valence-corrected chi connectivity index (χ3v) is 3.53. The Balaban J connectivity index is 2.11. The summed E-state index contributed by atoms with van der Waals surface area (Å²) >= 11 is 1.71. The van der Waals surface area contributed by atoms with Gasteiger partial charge >= 0.3 is 0 Å².